The first-order valence-corrected chi connectivity index (χ1v) is 9.47. The average Bonchev–Trinajstić information content (AvgIpc) is 3.03. The van der Waals surface area contributed by atoms with Crippen molar-refractivity contribution in [3.63, 3.8) is 0 Å². The van der Waals surface area contributed by atoms with E-state index in [1.807, 2.05) is 30.3 Å². The first kappa shape index (κ1) is 21.8. The molecule has 0 atom stereocenters. The summed E-state index contributed by atoms with van der Waals surface area (Å²) in [5.74, 6) is -0.0628. The van der Waals surface area contributed by atoms with Gasteiger partial charge in [0, 0.05) is 12.6 Å². The number of hydrogen-bond donors (Lipinski definition) is 1. The number of nitrogens with zero attached hydrogens (tertiary/aromatic N) is 4. The molecule has 0 fully saturated rings. The summed E-state index contributed by atoms with van der Waals surface area (Å²) in [7, 11) is 1.53. The topological polar surface area (TPSA) is 121 Å². The maximum absolute atomic E-state index is 11.9. The summed E-state index contributed by atoms with van der Waals surface area (Å²) in [5, 5.41) is 10.5. The summed E-state index contributed by atoms with van der Waals surface area (Å²) in [6, 6.07) is 14.2. The Kier molecular flexibility index (Phi) is 6.49. The van der Waals surface area contributed by atoms with E-state index in [2.05, 4.69) is 20.6 Å². The summed E-state index contributed by atoms with van der Waals surface area (Å²) in [6.45, 7) is 5.35. The van der Waals surface area contributed by atoms with E-state index in [9.17, 15) is 9.59 Å². The molecule has 0 aliphatic carbocycles. The number of anilines is 1. The molecule has 0 aliphatic heterocycles. The zero-order valence-corrected chi connectivity index (χ0v) is 17.7. The number of carbonyl (C=O) groups excluding carboxylic acids is 1. The van der Waals surface area contributed by atoms with Crippen molar-refractivity contribution in [2.24, 2.45) is 12.2 Å². The van der Waals surface area contributed by atoms with E-state index in [4.69, 9.17) is 14.1 Å². The van der Waals surface area contributed by atoms with E-state index in [0.717, 1.165) is 0 Å². The molecule has 2 heterocycles. The van der Waals surface area contributed by atoms with Crippen LogP contribution >= 0.6 is 0 Å². The number of oxime groups is 1. The summed E-state index contributed by atoms with van der Waals surface area (Å²) >= 11 is 0. The minimum Gasteiger partial charge on any atom is -0.444 e. The number of carbonyl (C=O) groups is 1. The van der Waals surface area contributed by atoms with Gasteiger partial charge in [-0.15, -0.1) is 0 Å². The highest BCUT2D eigenvalue weighted by Crippen LogP contribution is 2.12. The number of hydrogen-bond acceptors (Lipinski definition) is 8. The van der Waals surface area contributed by atoms with Gasteiger partial charge in [0.1, 0.15) is 11.4 Å². The predicted molar refractivity (Wildman–Crippen MR) is 113 cm³/mol. The molecule has 162 valence electrons. The summed E-state index contributed by atoms with van der Waals surface area (Å²) in [6.07, 6.45) is -0.602. The van der Waals surface area contributed by atoms with Gasteiger partial charge in [-0.25, -0.2) is 14.6 Å². The Hall–Kier alpha value is -3.95. The number of benzene rings is 1. The number of amides is 1. The Labute approximate surface area is 178 Å². The largest absolute Gasteiger partial charge is 0.444 e. The molecule has 0 aliphatic rings. The fourth-order valence-corrected chi connectivity index (χ4v) is 2.51. The summed E-state index contributed by atoms with van der Waals surface area (Å²) in [4.78, 5) is 33.4. The Morgan fingerprint density at radius 1 is 1.16 bits per heavy atom. The zero-order chi connectivity index (χ0) is 22.4. The van der Waals surface area contributed by atoms with Crippen LogP contribution in [-0.2, 0) is 23.2 Å². The standard InChI is InChI=1S/C21H23N5O5/c1-21(2,3)30-19(27)23-16-12-8-11-15(22-16)13-29-24-17(14-9-6-5-7-10-14)18-25-31-20(28)26(18)4/h5-12H,13H2,1-4H3,(H,22,23,27). The second kappa shape index (κ2) is 9.24. The van der Waals surface area contributed by atoms with Crippen molar-refractivity contribution in [3.8, 4) is 0 Å². The van der Waals surface area contributed by atoms with E-state index in [-0.39, 0.29) is 12.4 Å². The SMILES string of the molecule is Cn1c(C(=NOCc2cccc(NC(=O)OC(C)(C)C)n2)c2ccccc2)noc1=O. The van der Waals surface area contributed by atoms with E-state index in [1.54, 1.807) is 39.0 Å². The third-order valence-electron chi connectivity index (χ3n) is 3.86. The van der Waals surface area contributed by atoms with Crippen molar-refractivity contribution in [1.29, 1.82) is 0 Å². The third kappa shape index (κ3) is 6.01. The van der Waals surface area contributed by atoms with E-state index >= 15 is 0 Å². The molecule has 10 heteroatoms. The molecular formula is C21H23N5O5. The van der Waals surface area contributed by atoms with Gasteiger partial charge in [-0.2, -0.15) is 0 Å². The minimum atomic E-state index is -0.616. The van der Waals surface area contributed by atoms with Gasteiger partial charge < -0.3 is 9.57 Å². The van der Waals surface area contributed by atoms with Crippen molar-refractivity contribution < 1.29 is 18.9 Å². The quantitative estimate of drug-likeness (QED) is 0.476. The molecule has 0 saturated carbocycles. The fraction of sp³-hybridized carbons (Fsp3) is 0.286. The zero-order valence-electron chi connectivity index (χ0n) is 17.7. The normalized spacial score (nSPS) is 11.8. The molecule has 3 aromatic rings. The molecule has 1 aromatic carbocycles. The Morgan fingerprint density at radius 3 is 2.55 bits per heavy atom. The first-order valence-electron chi connectivity index (χ1n) is 9.47. The number of rotatable bonds is 6. The van der Waals surface area contributed by atoms with E-state index in [1.165, 1.54) is 11.6 Å². The lowest BCUT2D eigenvalue weighted by molar-refractivity contribution is 0.0635. The Bertz CT molecular complexity index is 1130. The molecule has 10 nitrogen and oxygen atoms in total. The lowest BCUT2D eigenvalue weighted by atomic mass is 10.1. The van der Waals surface area contributed by atoms with Crippen molar-refractivity contribution in [2.45, 2.75) is 33.0 Å². The first-order chi connectivity index (χ1) is 14.7. The van der Waals surface area contributed by atoms with Crippen molar-refractivity contribution >= 4 is 17.6 Å². The van der Waals surface area contributed by atoms with Gasteiger partial charge in [-0.1, -0.05) is 46.7 Å². The highest BCUT2D eigenvalue weighted by molar-refractivity contribution is 6.10. The van der Waals surface area contributed by atoms with Crippen LogP contribution in [0.2, 0.25) is 0 Å². The second-order valence-corrected chi connectivity index (χ2v) is 7.55. The Balaban J connectivity index is 1.75. The summed E-state index contributed by atoms with van der Waals surface area (Å²) < 4.78 is 11.2. The summed E-state index contributed by atoms with van der Waals surface area (Å²) in [5.41, 5.74) is 0.935. The molecular weight excluding hydrogens is 402 g/mol. The molecule has 31 heavy (non-hydrogen) atoms. The van der Waals surface area contributed by atoms with Crippen LogP contribution in [0.1, 0.15) is 37.9 Å². The predicted octanol–water partition coefficient (Wildman–Crippen LogP) is 3.08. The lowest BCUT2D eigenvalue weighted by Crippen LogP contribution is -2.27. The van der Waals surface area contributed by atoms with Gasteiger partial charge in [0.05, 0.1) is 5.69 Å². The molecule has 0 radical (unpaired) electrons. The van der Waals surface area contributed by atoms with Crippen LogP contribution in [-0.4, -0.2) is 32.1 Å². The maximum Gasteiger partial charge on any atom is 0.441 e. The second-order valence-electron chi connectivity index (χ2n) is 7.55. The van der Waals surface area contributed by atoms with Crippen LogP contribution in [0.3, 0.4) is 0 Å². The number of ether oxygens (including phenoxy) is 1. The van der Waals surface area contributed by atoms with Gasteiger partial charge >= 0.3 is 11.8 Å². The van der Waals surface area contributed by atoms with Gasteiger partial charge in [0.2, 0.25) is 5.82 Å². The maximum atomic E-state index is 11.9. The number of aromatic nitrogens is 3. The fourth-order valence-electron chi connectivity index (χ4n) is 2.51. The van der Waals surface area contributed by atoms with Gasteiger partial charge in [-0.05, 0) is 32.9 Å². The van der Waals surface area contributed by atoms with Crippen LogP contribution < -0.4 is 11.1 Å². The third-order valence-corrected chi connectivity index (χ3v) is 3.86. The monoisotopic (exact) mass is 425 g/mol. The van der Waals surface area contributed by atoms with E-state index in [0.29, 0.717) is 22.8 Å². The van der Waals surface area contributed by atoms with Crippen LogP contribution in [0.15, 0.2) is 63.0 Å². The molecule has 2 aromatic heterocycles. The smallest absolute Gasteiger partial charge is 0.441 e. The van der Waals surface area contributed by atoms with Gasteiger partial charge in [0.25, 0.3) is 0 Å². The highest BCUT2D eigenvalue weighted by Gasteiger charge is 2.18. The van der Waals surface area contributed by atoms with Gasteiger partial charge in [-0.3, -0.25) is 14.4 Å². The van der Waals surface area contributed by atoms with Crippen LogP contribution in [0.25, 0.3) is 0 Å². The van der Waals surface area contributed by atoms with Crippen LogP contribution in [0.5, 0.6) is 0 Å². The van der Waals surface area contributed by atoms with Crippen molar-refractivity contribution in [2.75, 3.05) is 5.32 Å². The van der Waals surface area contributed by atoms with Crippen molar-refractivity contribution in [1.82, 2.24) is 14.7 Å². The Morgan fingerprint density at radius 2 is 1.90 bits per heavy atom. The molecule has 1 amide bonds. The molecule has 3 rings (SSSR count). The van der Waals surface area contributed by atoms with Crippen LogP contribution in [0, 0.1) is 0 Å². The lowest BCUT2D eigenvalue weighted by Gasteiger charge is -2.19. The molecule has 1 N–H and O–H groups in total. The molecule has 0 bridgehead atoms. The van der Waals surface area contributed by atoms with Crippen molar-refractivity contribution in [3.05, 3.63) is 76.2 Å². The molecule has 0 unspecified atom stereocenters. The minimum absolute atomic E-state index is 0.0198. The number of pyridine rings is 1. The average molecular weight is 425 g/mol. The number of nitrogens with one attached hydrogen (secondary N) is 1. The van der Waals surface area contributed by atoms with Gasteiger partial charge in [0.15, 0.2) is 12.3 Å². The van der Waals surface area contributed by atoms with Crippen LogP contribution in [0.4, 0.5) is 10.6 Å². The highest BCUT2D eigenvalue weighted by atomic mass is 16.6. The molecule has 0 spiro atoms. The molecule has 0 saturated heterocycles. The van der Waals surface area contributed by atoms with E-state index < -0.39 is 17.5 Å².